The first kappa shape index (κ1) is 26.7. The van der Waals surface area contributed by atoms with Gasteiger partial charge in [0, 0.05) is 25.1 Å². The second kappa shape index (κ2) is 13.8. The van der Waals surface area contributed by atoms with E-state index in [-0.39, 0.29) is 12.5 Å². The zero-order chi connectivity index (χ0) is 21.7. The van der Waals surface area contributed by atoms with Gasteiger partial charge < -0.3 is 19.9 Å². The molecule has 0 fully saturated rings. The van der Waals surface area contributed by atoms with Crippen molar-refractivity contribution in [2.24, 2.45) is 4.99 Å². The lowest BCUT2D eigenvalue weighted by molar-refractivity contribution is -0.137. The third-order valence-electron chi connectivity index (χ3n) is 3.20. The van der Waals surface area contributed by atoms with Gasteiger partial charge in [0.05, 0.1) is 6.42 Å². The number of allylic oxidation sites excluding steroid dienone is 2. The molecule has 7 nitrogen and oxygen atoms in total. The normalized spacial score (nSPS) is 15.4. The lowest BCUT2D eigenvalue weighted by atomic mass is 10.1. The highest BCUT2D eigenvalue weighted by molar-refractivity contribution is 9.11. The van der Waals surface area contributed by atoms with Gasteiger partial charge in [-0.05, 0) is 62.8 Å². The molecule has 0 saturated carbocycles. The van der Waals surface area contributed by atoms with Crippen molar-refractivity contribution in [1.29, 1.82) is 0 Å². The largest absolute Gasteiger partial charge is 0.481 e. The summed E-state index contributed by atoms with van der Waals surface area (Å²) < 4.78 is 11.5. The van der Waals surface area contributed by atoms with E-state index < -0.39 is 23.7 Å². The standard InChI is InChI=1S/C19H31BrN2O5S/c1-13(20)9-16(26-5)11-21-15(12-28-6)8-7-14(10-17(23)24)22-18(25)27-19(2,3)4/h9,11-12,14,16H,7-8,10H2,1-6H3,(H,22,25)(H,23,24)/b13-9+,15-12-,21-11?/t14-,16?/m1/s1. The molecule has 2 atom stereocenters. The van der Waals surface area contributed by atoms with Crippen LogP contribution in [0.4, 0.5) is 4.79 Å². The van der Waals surface area contributed by atoms with E-state index in [0.717, 1.165) is 10.2 Å². The highest BCUT2D eigenvalue weighted by Crippen LogP contribution is 2.16. The highest BCUT2D eigenvalue weighted by Gasteiger charge is 2.21. The first-order valence-corrected chi connectivity index (χ1v) is 10.9. The number of carbonyl (C=O) groups excluding carboxylic acids is 1. The molecule has 0 rings (SSSR count). The van der Waals surface area contributed by atoms with E-state index in [1.165, 1.54) is 11.8 Å². The number of ether oxygens (including phenoxy) is 2. The SMILES string of the molecule is COC(C=N/C(=C\SC)CC[C@H](CC(=O)O)NC(=O)OC(C)(C)C)/C=C(\C)Br. The number of hydrogen-bond acceptors (Lipinski definition) is 6. The third-order valence-corrected chi connectivity index (χ3v) is 3.97. The molecule has 2 N–H and O–H groups in total. The number of halogens is 1. The zero-order valence-corrected chi connectivity index (χ0v) is 19.7. The number of carbonyl (C=O) groups is 2. The monoisotopic (exact) mass is 478 g/mol. The number of carboxylic acids is 1. The number of rotatable bonds is 11. The van der Waals surface area contributed by atoms with Crippen LogP contribution in [0.25, 0.3) is 0 Å². The summed E-state index contributed by atoms with van der Waals surface area (Å²) in [6.45, 7) is 7.16. The number of thioether (sulfide) groups is 1. The van der Waals surface area contributed by atoms with Crippen molar-refractivity contribution in [3.63, 3.8) is 0 Å². The number of nitrogens with zero attached hydrogens (tertiary/aromatic N) is 1. The summed E-state index contributed by atoms with van der Waals surface area (Å²) in [7, 11) is 1.59. The predicted octanol–water partition coefficient (Wildman–Crippen LogP) is 4.72. The van der Waals surface area contributed by atoms with Gasteiger partial charge in [-0.15, -0.1) is 11.8 Å². The quantitative estimate of drug-likeness (QED) is 0.416. The average molecular weight is 479 g/mol. The van der Waals surface area contributed by atoms with Crippen LogP contribution in [0.5, 0.6) is 0 Å². The molecule has 1 amide bonds. The second-order valence-corrected chi connectivity index (χ2v) is 9.01. The number of aliphatic carboxylic acids is 1. The molecule has 0 aromatic heterocycles. The van der Waals surface area contributed by atoms with Crippen LogP contribution in [-0.4, -0.2) is 54.5 Å². The molecule has 0 aliphatic carbocycles. The van der Waals surface area contributed by atoms with Gasteiger partial charge in [-0.1, -0.05) is 15.9 Å². The van der Waals surface area contributed by atoms with Crippen LogP contribution in [0.15, 0.2) is 26.7 Å². The number of hydrogen-bond donors (Lipinski definition) is 2. The van der Waals surface area contributed by atoms with E-state index >= 15 is 0 Å². The van der Waals surface area contributed by atoms with Gasteiger partial charge >= 0.3 is 12.1 Å². The van der Waals surface area contributed by atoms with Crippen molar-refractivity contribution < 1.29 is 24.2 Å². The molecule has 0 radical (unpaired) electrons. The summed E-state index contributed by atoms with van der Waals surface area (Å²) in [5.74, 6) is -0.989. The first-order chi connectivity index (χ1) is 13.0. The number of aliphatic imine (C=N–C) groups is 1. The molecule has 0 aliphatic heterocycles. The molecule has 0 aromatic rings. The summed E-state index contributed by atoms with van der Waals surface area (Å²) >= 11 is 4.86. The molecule has 0 bridgehead atoms. The van der Waals surface area contributed by atoms with Gasteiger partial charge in [-0.25, -0.2) is 4.79 Å². The van der Waals surface area contributed by atoms with Gasteiger partial charge in [0.25, 0.3) is 0 Å². The maximum Gasteiger partial charge on any atom is 0.407 e. The summed E-state index contributed by atoms with van der Waals surface area (Å²) in [6, 6.07) is -0.560. The van der Waals surface area contributed by atoms with Gasteiger partial charge in [0.1, 0.15) is 11.7 Å². The smallest absolute Gasteiger partial charge is 0.407 e. The lowest BCUT2D eigenvalue weighted by Gasteiger charge is -2.23. The molecule has 0 aliphatic rings. The fourth-order valence-corrected chi connectivity index (χ4v) is 2.80. The predicted molar refractivity (Wildman–Crippen MR) is 118 cm³/mol. The van der Waals surface area contributed by atoms with Crippen LogP contribution < -0.4 is 5.32 Å². The van der Waals surface area contributed by atoms with Crippen molar-refractivity contribution in [3.05, 3.63) is 21.7 Å². The average Bonchev–Trinajstić information content (AvgIpc) is 2.53. The van der Waals surface area contributed by atoms with Gasteiger partial charge in [0.15, 0.2) is 0 Å². The second-order valence-electron chi connectivity index (χ2n) is 7.06. The van der Waals surface area contributed by atoms with E-state index in [0.29, 0.717) is 12.8 Å². The fourth-order valence-electron chi connectivity index (χ4n) is 2.09. The number of carboxylic acid groups (broad SMARTS) is 1. The lowest BCUT2D eigenvalue weighted by Crippen LogP contribution is -2.40. The Balaban J connectivity index is 5.04. The summed E-state index contributed by atoms with van der Waals surface area (Å²) in [5, 5.41) is 13.6. The molecule has 0 aromatic carbocycles. The molecule has 0 saturated heterocycles. The van der Waals surface area contributed by atoms with Gasteiger partial charge in [0.2, 0.25) is 0 Å². The minimum atomic E-state index is -0.989. The van der Waals surface area contributed by atoms with E-state index in [9.17, 15) is 9.59 Å². The van der Waals surface area contributed by atoms with Crippen LogP contribution >= 0.6 is 27.7 Å². The van der Waals surface area contributed by atoms with Crippen LogP contribution in [0.2, 0.25) is 0 Å². The van der Waals surface area contributed by atoms with Crippen LogP contribution in [0, 0.1) is 0 Å². The molecular weight excluding hydrogens is 448 g/mol. The molecule has 160 valence electrons. The Kier molecular flexibility index (Phi) is 13.1. The van der Waals surface area contributed by atoms with Crippen LogP contribution in [-0.2, 0) is 14.3 Å². The molecule has 0 spiro atoms. The molecule has 9 heteroatoms. The Morgan fingerprint density at radius 3 is 2.46 bits per heavy atom. The van der Waals surface area contributed by atoms with Crippen molar-refractivity contribution in [1.82, 2.24) is 5.32 Å². The minimum Gasteiger partial charge on any atom is -0.481 e. The van der Waals surface area contributed by atoms with E-state index in [4.69, 9.17) is 14.6 Å². The number of amides is 1. The Morgan fingerprint density at radius 2 is 2.00 bits per heavy atom. The maximum atomic E-state index is 12.0. The van der Waals surface area contributed by atoms with Crippen molar-refractivity contribution >= 4 is 46.0 Å². The Morgan fingerprint density at radius 1 is 1.36 bits per heavy atom. The molecule has 28 heavy (non-hydrogen) atoms. The topological polar surface area (TPSA) is 97.2 Å². The summed E-state index contributed by atoms with van der Waals surface area (Å²) in [4.78, 5) is 27.6. The van der Waals surface area contributed by atoms with Crippen molar-refractivity contribution in [3.8, 4) is 0 Å². The van der Waals surface area contributed by atoms with Crippen molar-refractivity contribution in [2.75, 3.05) is 13.4 Å². The summed E-state index contributed by atoms with van der Waals surface area (Å²) in [5.41, 5.74) is 0.124. The Hall–Kier alpha value is -1.32. The van der Waals surface area contributed by atoms with E-state index in [1.807, 2.05) is 24.7 Å². The number of methoxy groups -OCH3 is 1. The fraction of sp³-hybridized carbons (Fsp3) is 0.632. The number of nitrogens with one attached hydrogen (secondary N) is 1. The zero-order valence-electron chi connectivity index (χ0n) is 17.3. The van der Waals surface area contributed by atoms with Crippen LogP contribution in [0.3, 0.4) is 0 Å². The maximum absolute atomic E-state index is 12.0. The first-order valence-electron chi connectivity index (χ1n) is 8.81. The van der Waals surface area contributed by atoms with Crippen molar-refractivity contribution in [2.45, 2.75) is 64.7 Å². The number of alkyl carbamates (subject to hydrolysis) is 1. The molecule has 0 heterocycles. The van der Waals surface area contributed by atoms with Gasteiger partial charge in [-0.3, -0.25) is 9.79 Å². The Bertz CT molecular complexity index is 596. The third kappa shape index (κ3) is 14.7. The summed E-state index contributed by atoms with van der Waals surface area (Å²) in [6.07, 6.45) is 5.28. The Labute approximate surface area is 180 Å². The minimum absolute atomic E-state index is 0.193. The van der Waals surface area contributed by atoms with E-state index in [1.54, 1.807) is 34.1 Å². The molecular formula is C19H31BrN2O5S. The molecule has 1 unspecified atom stereocenters. The van der Waals surface area contributed by atoms with E-state index in [2.05, 4.69) is 26.2 Å². The van der Waals surface area contributed by atoms with Crippen LogP contribution in [0.1, 0.15) is 47.0 Å². The highest BCUT2D eigenvalue weighted by atomic mass is 79.9. The van der Waals surface area contributed by atoms with Gasteiger partial charge in [-0.2, -0.15) is 0 Å².